The van der Waals surface area contributed by atoms with Crippen molar-refractivity contribution in [2.45, 2.75) is 20.4 Å². The molecule has 0 saturated carbocycles. The topological polar surface area (TPSA) is 63.0 Å². The molecular weight excluding hydrogens is 364 g/mol. The highest BCUT2D eigenvalue weighted by molar-refractivity contribution is 5.79. The van der Waals surface area contributed by atoms with Gasteiger partial charge in [-0.15, -0.1) is 0 Å². The lowest BCUT2D eigenvalue weighted by molar-refractivity contribution is 0.304. The lowest BCUT2D eigenvalue weighted by Crippen LogP contribution is -2.39. The number of nitrogens with one attached hydrogen (secondary N) is 2. The average Bonchev–Trinajstić information content (AvgIpc) is 3.09. The Bertz CT molecular complexity index is 970. The number of fused-ring (bicyclic) bond motifs is 1. The number of hydrogen-bond donors (Lipinski definition) is 2. The van der Waals surface area contributed by atoms with Crippen molar-refractivity contribution in [2.24, 2.45) is 4.99 Å². The highest BCUT2D eigenvalue weighted by Crippen LogP contribution is 2.17. The molecule has 0 spiro atoms. The van der Waals surface area contributed by atoms with Crippen LogP contribution in [0.15, 0.2) is 47.6 Å². The lowest BCUT2D eigenvalue weighted by atomic mass is 10.3. The van der Waals surface area contributed by atoms with Gasteiger partial charge in [0.15, 0.2) is 17.5 Å². The zero-order valence-electron chi connectivity index (χ0n) is 15.9. The maximum atomic E-state index is 13.6. The third-order valence-electron chi connectivity index (χ3n) is 4.04. The summed E-state index contributed by atoms with van der Waals surface area (Å²) in [5, 5.41) is 6.26. The van der Waals surface area contributed by atoms with Gasteiger partial charge < -0.3 is 19.8 Å². The molecule has 2 heterocycles. The molecule has 2 N–H and O–H groups in total. The van der Waals surface area contributed by atoms with Crippen LogP contribution in [0.3, 0.4) is 0 Å². The summed E-state index contributed by atoms with van der Waals surface area (Å²) in [5.41, 5.74) is 2.85. The molecule has 0 aliphatic rings. The first-order valence-corrected chi connectivity index (χ1v) is 9.10. The van der Waals surface area contributed by atoms with E-state index in [9.17, 15) is 8.78 Å². The van der Waals surface area contributed by atoms with Crippen molar-refractivity contribution in [3.63, 3.8) is 0 Å². The number of halogens is 2. The highest BCUT2D eigenvalue weighted by atomic mass is 19.1. The summed E-state index contributed by atoms with van der Waals surface area (Å²) in [6.07, 6.45) is 1.97. The van der Waals surface area contributed by atoms with E-state index in [-0.39, 0.29) is 12.4 Å². The van der Waals surface area contributed by atoms with Gasteiger partial charge in [-0.2, -0.15) is 0 Å². The maximum absolute atomic E-state index is 13.6. The minimum Gasteiger partial charge on any atom is -0.489 e. The first kappa shape index (κ1) is 19.6. The molecule has 8 heteroatoms. The Kier molecular flexibility index (Phi) is 6.41. The molecule has 0 radical (unpaired) electrons. The summed E-state index contributed by atoms with van der Waals surface area (Å²) in [5.74, 6) is -0.723. The van der Waals surface area contributed by atoms with Crippen LogP contribution in [0.4, 0.5) is 8.78 Å². The Morgan fingerprint density at radius 2 is 2.07 bits per heavy atom. The number of guanidine groups is 1. The van der Waals surface area contributed by atoms with Crippen LogP contribution >= 0.6 is 0 Å². The van der Waals surface area contributed by atoms with E-state index in [0.717, 1.165) is 29.2 Å². The van der Waals surface area contributed by atoms with Gasteiger partial charge in [-0.25, -0.2) is 18.8 Å². The number of rotatable bonds is 7. The van der Waals surface area contributed by atoms with Gasteiger partial charge in [-0.05, 0) is 38.1 Å². The molecular formula is C20H23F2N5O. The SMILES string of the molecule is CCNC(=NCc1cn2c(C)cccc2n1)NCCOc1ccc(F)cc1F. The summed E-state index contributed by atoms with van der Waals surface area (Å²) >= 11 is 0. The van der Waals surface area contributed by atoms with Crippen molar-refractivity contribution in [3.8, 4) is 5.75 Å². The molecule has 6 nitrogen and oxygen atoms in total. The third kappa shape index (κ3) is 4.97. The summed E-state index contributed by atoms with van der Waals surface area (Å²) in [6, 6.07) is 9.18. The second-order valence-electron chi connectivity index (χ2n) is 6.17. The van der Waals surface area contributed by atoms with E-state index in [1.165, 1.54) is 6.07 Å². The first-order valence-electron chi connectivity index (χ1n) is 9.10. The van der Waals surface area contributed by atoms with Crippen LogP contribution in [-0.4, -0.2) is 35.0 Å². The van der Waals surface area contributed by atoms with Crippen molar-refractivity contribution in [2.75, 3.05) is 19.7 Å². The van der Waals surface area contributed by atoms with E-state index in [4.69, 9.17) is 4.74 Å². The fourth-order valence-corrected chi connectivity index (χ4v) is 2.70. The number of aromatic nitrogens is 2. The molecule has 0 amide bonds. The highest BCUT2D eigenvalue weighted by Gasteiger charge is 2.06. The number of aryl methyl sites for hydroxylation is 1. The van der Waals surface area contributed by atoms with Crippen LogP contribution in [0, 0.1) is 18.6 Å². The van der Waals surface area contributed by atoms with Gasteiger partial charge in [-0.1, -0.05) is 6.07 Å². The molecule has 3 aromatic rings. The largest absolute Gasteiger partial charge is 0.489 e. The number of pyridine rings is 1. The van der Waals surface area contributed by atoms with Crippen molar-refractivity contribution in [3.05, 3.63) is 65.6 Å². The molecule has 3 rings (SSSR count). The summed E-state index contributed by atoms with van der Waals surface area (Å²) in [4.78, 5) is 9.08. The second-order valence-corrected chi connectivity index (χ2v) is 6.17. The number of aliphatic imine (C=N–C) groups is 1. The van der Waals surface area contributed by atoms with Crippen molar-refractivity contribution >= 4 is 11.6 Å². The summed E-state index contributed by atoms with van der Waals surface area (Å²) < 4.78 is 33.8. The van der Waals surface area contributed by atoms with E-state index in [0.29, 0.717) is 25.6 Å². The Labute approximate surface area is 162 Å². The smallest absolute Gasteiger partial charge is 0.191 e. The Morgan fingerprint density at radius 3 is 2.82 bits per heavy atom. The molecule has 0 atom stereocenters. The molecule has 1 aromatic carbocycles. The zero-order valence-corrected chi connectivity index (χ0v) is 15.9. The monoisotopic (exact) mass is 387 g/mol. The van der Waals surface area contributed by atoms with Gasteiger partial charge in [-0.3, -0.25) is 0 Å². The van der Waals surface area contributed by atoms with E-state index >= 15 is 0 Å². The minimum absolute atomic E-state index is 0.0187. The average molecular weight is 387 g/mol. The Balaban J connectivity index is 1.55. The minimum atomic E-state index is -0.720. The molecule has 0 bridgehead atoms. The quantitative estimate of drug-likeness (QED) is 0.372. The van der Waals surface area contributed by atoms with Crippen LogP contribution in [0.2, 0.25) is 0 Å². The van der Waals surface area contributed by atoms with Crippen LogP contribution in [0.25, 0.3) is 5.65 Å². The van der Waals surface area contributed by atoms with E-state index < -0.39 is 11.6 Å². The second kappa shape index (κ2) is 9.16. The van der Waals surface area contributed by atoms with Gasteiger partial charge in [0.05, 0.1) is 18.8 Å². The molecule has 0 aliphatic heterocycles. The maximum Gasteiger partial charge on any atom is 0.191 e. The van der Waals surface area contributed by atoms with Crippen molar-refractivity contribution in [1.82, 2.24) is 20.0 Å². The predicted molar refractivity (Wildman–Crippen MR) is 105 cm³/mol. The van der Waals surface area contributed by atoms with E-state index in [2.05, 4.69) is 20.6 Å². The third-order valence-corrected chi connectivity index (χ3v) is 4.04. The number of imidazole rings is 1. The standard InChI is InChI=1S/C20H23F2N5O/c1-3-23-20(24-9-10-28-18-8-7-15(21)11-17(18)22)25-12-16-13-27-14(2)5-4-6-19(27)26-16/h4-8,11,13H,3,9-10,12H2,1-2H3,(H2,23,24,25). The van der Waals surface area contributed by atoms with Crippen LogP contribution in [0.1, 0.15) is 18.3 Å². The van der Waals surface area contributed by atoms with E-state index in [1.807, 2.05) is 42.6 Å². The van der Waals surface area contributed by atoms with Crippen LogP contribution in [0.5, 0.6) is 5.75 Å². The summed E-state index contributed by atoms with van der Waals surface area (Å²) in [6.45, 7) is 5.73. The van der Waals surface area contributed by atoms with Gasteiger partial charge in [0.1, 0.15) is 18.1 Å². The Morgan fingerprint density at radius 1 is 1.21 bits per heavy atom. The van der Waals surface area contributed by atoms with Gasteiger partial charge in [0, 0.05) is 24.5 Å². The van der Waals surface area contributed by atoms with Gasteiger partial charge in [0.25, 0.3) is 0 Å². The molecule has 0 unspecified atom stereocenters. The van der Waals surface area contributed by atoms with Gasteiger partial charge >= 0.3 is 0 Å². The van der Waals surface area contributed by atoms with E-state index in [1.54, 1.807) is 0 Å². The van der Waals surface area contributed by atoms with Gasteiger partial charge in [0.2, 0.25) is 0 Å². The predicted octanol–water partition coefficient (Wildman–Crippen LogP) is 3.06. The normalized spacial score (nSPS) is 11.6. The van der Waals surface area contributed by atoms with Crippen LogP contribution in [-0.2, 0) is 6.54 Å². The molecule has 2 aromatic heterocycles. The molecule has 0 fully saturated rings. The molecule has 28 heavy (non-hydrogen) atoms. The fourth-order valence-electron chi connectivity index (χ4n) is 2.70. The van der Waals surface area contributed by atoms with Crippen molar-refractivity contribution < 1.29 is 13.5 Å². The van der Waals surface area contributed by atoms with Crippen LogP contribution < -0.4 is 15.4 Å². The number of nitrogens with zero attached hydrogens (tertiary/aromatic N) is 3. The van der Waals surface area contributed by atoms with Crippen molar-refractivity contribution in [1.29, 1.82) is 0 Å². The zero-order chi connectivity index (χ0) is 19.9. The fraction of sp³-hybridized carbons (Fsp3) is 0.300. The number of benzene rings is 1. The summed E-state index contributed by atoms with van der Waals surface area (Å²) in [7, 11) is 0. The Hall–Kier alpha value is -3.16. The molecule has 148 valence electrons. The number of hydrogen-bond acceptors (Lipinski definition) is 3. The molecule has 0 aliphatic carbocycles. The first-order chi connectivity index (χ1) is 13.6. The lowest BCUT2D eigenvalue weighted by Gasteiger charge is -2.12. The molecule has 0 saturated heterocycles. The number of ether oxygens (including phenoxy) is 1.